The molecule has 10 heavy (non-hydrogen) atoms. The summed E-state index contributed by atoms with van der Waals surface area (Å²) in [4.78, 5) is 10.3. The van der Waals surface area contributed by atoms with Crippen LogP contribution in [-0.2, 0) is 0 Å². The van der Waals surface area contributed by atoms with Crippen LogP contribution in [0.2, 0.25) is 0 Å². The largest absolute Gasteiger partial charge is 0.669 e. The van der Waals surface area contributed by atoms with Crippen molar-refractivity contribution >= 4 is 8.96 Å². The van der Waals surface area contributed by atoms with Crippen LogP contribution in [0.15, 0.2) is 0 Å². The molecule has 3 heteroatoms. The van der Waals surface area contributed by atoms with Gasteiger partial charge in [0, 0.05) is 15.0 Å². The second-order valence-corrected chi connectivity index (χ2v) is 3.64. The van der Waals surface area contributed by atoms with Crippen LogP contribution in [0.1, 0.15) is 32.6 Å². The third-order valence-electron chi connectivity index (χ3n) is 2.42. The van der Waals surface area contributed by atoms with Crippen LogP contribution < -0.4 is 9.98 Å². The third-order valence-corrected chi connectivity index (χ3v) is 3.03. The van der Waals surface area contributed by atoms with Crippen molar-refractivity contribution in [3.8, 4) is 0 Å². The standard InChI is InChI=1S/C7H16NOP/c1-2-6-3-4-7(5-6)8-10-9/h6-8H,2-5,10H2,1H3. The second kappa shape index (κ2) is 4.27. The fourth-order valence-electron chi connectivity index (χ4n) is 1.69. The molecule has 0 amide bonds. The topological polar surface area (TPSA) is 35.1 Å². The lowest BCUT2D eigenvalue weighted by Crippen LogP contribution is -2.20. The van der Waals surface area contributed by atoms with Gasteiger partial charge in [-0.3, -0.25) is 0 Å². The molecule has 0 spiro atoms. The molecule has 0 aromatic heterocycles. The molecule has 0 aromatic rings. The summed E-state index contributed by atoms with van der Waals surface area (Å²) in [6.07, 6.45) is 5.08. The lowest BCUT2D eigenvalue weighted by molar-refractivity contribution is -0.153. The summed E-state index contributed by atoms with van der Waals surface area (Å²) in [5.41, 5.74) is 0. The Morgan fingerprint density at radius 3 is 2.90 bits per heavy atom. The molecule has 2 nitrogen and oxygen atoms in total. The summed E-state index contributed by atoms with van der Waals surface area (Å²) < 4.78 is 0. The molecule has 1 N–H and O–H groups in total. The van der Waals surface area contributed by atoms with Crippen molar-refractivity contribution in [1.29, 1.82) is 0 Å². The van der Waals surface area contributed by atoms with Gasteiger partial charge in [-0.25, -0.2) is 0 Å². The lowest BCUT2D eigenvalue weighted by atomic mass is 10.1. The third kappa shape index (κ3) is 2.19. The van der Waals surface area contributed by atoms with Crippen LogP contribution >= 0.6 is 8.96 Å². The van der Waals surface area contributed by atoms with E-state index in [1.165, 1.54) is 25.7 Å². The van der Waals surface area contributed by atoms with E-state index in [2.05, 4.69) is 12.0 Å². The van der Waals surface area contributed by atoms with Crippen LogP contribution in [0, 0.1) is 5.92 Å². The molecular weight excluding hydrogens is 145 g/mol. The average Bonchev–Trinajstić information content (AvgIpc) is 2.37. The van der Waals surface area contributed by atoms with E-state index in [9.17, 15) is 4.89 Å². The summed E-state index contributed by atoms with van der Waals surface area (Å²) >= 11 is 0. The van der Waals surface area contributed by atoms with Gasteiger partial charge in [-0.1, -0.05) is 13.3 Å². The highest BCUT2D eigenvalue weighted by Crippen LogP contribution is 2.28. The molecule has 1 aliphatic rings. The lowest BCUT2D eigenvalue weighted by Gasteiger charge is -2.08. The predicted octanol–water partition coefficient (Wildman–Crippen LogP) is 0.756. The Morgan fingerprint density at radius 2 is 2.40 bits per heavy atom. The van der Waals surface area contributed by atoms with E-state index >= 15 is 0 Å². The maximum Gasteiger partial charge on any atom is 0.0409 e. The minimum Gasteiger partial charge on any atom is -0.669 e. The first kappa shape index (κ1) is 8.45. The molecule has 0 bridgehead atoms. The highest BCUT2D eigenvalue weighted by atomic mass is 31.1. The highest BCUT2D eigenvalue weighted by Gasteiger charge is 2.22. The monoisotopic (exact) mass is 161 g/mol. The van der Waals surface area contributed by atoms with Gasteiger partial charge in [0.05, 0.1) is 0 Å². The van der Waals surface area contributed by atoms with Crippen LogP contribution in [0.25, 0.3) is 0 Å². The summed E-state index contributed by atoms with van der Waals surface area (Å²) in [5.74, 6) is 0.892. The smallest absolute Gasteiger partial charge is 0.0409 e. The molecule has 0 aromatic carbocycles. The van der Waals surface area contributed by atoms with E-state index in [-0.39, 0.29) is 0 Å². The normalized spacial score (nSPS) is 34.2. The fourth-order valence-corrected chi connectivity index (χ4v) is 2.19. The molecule has 60 valence electrons. The van der Waals surface area contributed by atoms with E-state index < -0.39 is 8.96 Å². The van der Waals surface area contributed by atoms with E-state index in [1.807, 2.05) is 0 Å². The molecular formula is C7H16NOP. The zero-order valence-corrected chi connectivity index (χ0v) is 7.62. The zero-order chi connectivity index (χ0) is 7.40. The Labute approximate surface area is 64.3 Å². The number of hydrogen-bond donors (Lipinski definition) is 1. The number of nitrogens with one attached hydrogen (secondary N) is 1. The Bertz CT molecular complexity index is 99.6. The maximum absolute atomic E-state index is 10.3. The molecule has 3 atom stereocenters. The summed E-state index contributed by atoms with van der Waals surface area (Å²) in [6, 6.07) is 0.567. The summed E-state index contributed by atoms with van der Waals surface area (Å²) in [6.45, 7) is 2.23. The van der Waals surface area contributed by atoms with Crippen molar-refractivity contribution in [1.82, 2.24) is 5.09 Å². The van der Waals surface area contributed by atoms with Crippen molar-refractivity contribution in [3.05, 3.63) is 0 Å². The number of hydrogen-bond acceptors (Lipinski definition) is 2. The van der Waals surface area contributed by atoms with Crippen LogP contribution in [0.3, 0.4) is 0 Å². The Balaban J connectivity index is 2.15. The fraction of sp³-hybridized carbons (Fsp3) is 1.00. The van der Waals surface area contributed by atoms with Gasteiger partial charge >= 0.3 is 0 Å². The molecule has 1 fully saturated rings. The minimum absolute atomic E-state index is 0.567. The molecule has 3 unspecified atom stereocenters. The first-order chi connectivity index (χ1) is 4.86. The van der Waals surface area contributed by atoms with Gasteiger partial charge in [-0.2, -0.15) is 5.09 Å². The summed E-state index contributed by atoms with van der Waals surface area (Å²) in [5, 5.41) is 3.04. The molecule has 1 rings (SSSR count). The number of rotatable bonds is 3. The van der Waals surface area contributed by atoms with Gasteiger partial charge < -0.3 is 4.89 Å². The minimum atomic E-state index is -0.731. The Kier molecular flexibility index (Phi) is 3.61. The van der Waals surface area contributed by atoms with E-state index in [0.717, 1.165) is 5.92 Å². The van der Waals surface area contributed by atoms with Crippen molar-refractivity contribution in [2.24, 2.45) is 5.92 Å². The van der Waals surface area contributed by atoms with E-state index in [1.54, 1.807) is 0 Å². The Morgan fingerprint density at radius 1 is 1.60 bits per heavy atom. The predicted molar refractivity (Wildman–Crippen MR) is 44.3 cm³/mol. The molecule has 0 radical (unpaired) electrons. The van der Waals surface area contributed by atoms with Gasteiger partial charge in [0.1, 0.15) is 0 Å². The SMILES string of the molecule is CCC1CCC(N[PH2+][O-])C1. The first-order valence-electron chi connectivity index (χ1n) is 4.06. The quantitative estimate of drug-likeness (QED) is 0.620. The van der Waals surface area contributed by atoms with Crippen molar-refractivity contribution in [3.63, 3.8) is 0 Å². The molecule has 1 aliphatic carbocycles. The second-order valence-electron chi connectivity index (χ2n) is 3.07. The van der Waals surface area contributed by atoms with Gasteiger partial charge in [-0.05, 0) is 25.2 Å². The molecule has 0 aliphatic heterocycles. The van der Waals surface area contributed by atoms with Crippen molar-refractivity contribution in [2.75, 3.05) is 0 Å². The molecule has 1 saturated carbocycles. The van der Waals surface area contributed by atoms with Crippen molar-refractivity contribution in [2.45, 2.75) is 38.6 Å². The maximum atomic E-state index is 10.3. The average molecular weight is 161 g/mol. The van der Waals surface area contributed by atoms with Crippen LogP contribution in [0.5, 0.6) is 0 Å². The summed E-state index contributed by atoms with van der Waals surface area (Å²) in [7, 11) is -0.731. The Hall–Kier alpha value is 0.350. The van der Waals surface area contributed by atoms with Gasteiger partial charge in [0.15, 0.2) is 0 Å². The van der Waals surface area contributed by atoms with Gasteiger partial charge in [0.25, 0.3) is 0 Å². The highest BCUT2D eigenvalue weighted by molar-refractivity contribution is 7.26. The van der Waals surface area contributed by atoms with E-state index in [0.29, 0.717) is 6.04 Å². The van der Waals surface area contributed by atoms with Crippen LogP contribution in [0.4, 0.5) is 0 Å². The molecule has 0 saturated heterocycles. The first-order valence-corrected chi connectivity index (χ1v) is 5.11. The van der Waals surface area contributed by atoms with Crippen molar-refractivity contribution < 1.29 is 4.89 Å². The van der Waals surface area contributed by atoms with Crippen LogP contribution in [-0.4, -0.2) is 6.04 Å². The zero-order valence-electron chi connectivity index (χ0n) is 6.47. The van der Waals surface area contributed by atoms with E-state index in [4.69, 9.17) is 0 Å². The van der Waals surface area contributed by atoms with Gasteiger partial charge in [-0.15, -0.1) is 0 Å². The van der Waals surface area contributed by atoms with Gasteiger partial charge in [0.2, 0.25) is 0 Å². The molecule has 0 heterocycles.